The molecule has 0 atom stereocenters. The number of alkyl halides is 1. The Balaban J connectivity index is 3.12. The quantitative estimate of drug-likeness (QED) is 0.0559. The van der Waals surface area contributed by atoms with Crippen molar-refractivity contribution in [1.82, 2.24) is 0 Å². The monoisotopic (exact) mass is 632 g/mol. The zero-order valence-electron chi connectivity index (χ0n) is 25.0. The fourth-order valence-electron chi connectivity index (χ4n) is 2.74. The highest BCUT2D eigenvalue weighted by Crippen LogP contribution is 1.95. The Hall–Kier alpha value is -1.86. The Kier molecular flexibility index (Phi) is 33.1. The van der Waals surface area contributed by atoms with Crippen LogP contribution in [0, 0.1) is 0 Å². The number of hydrogen-bond acceptors (Lipinski definition) is 14. The third-order valence-corrected chi connectivity index (χ3v) is 4.86. The molecule has 0 aliphatic carbocycles. The van der Waals surface area contributed by atoms with E-state index < -0.39 is 24.4 Å². The zero-order chi connectivity index (χ0) is 31.5. The van der Waals surface area contributed by atoms with Crippen LogP contribution in [0.15, 0.2) is 0 Å². The molecule has 0 aliphatic heterocycles. The zero-order valence-corrected chi connectivity index (χ0v) is 25.0. The summed E-state index contributed by atoms with van der Waals surface area (Å²) in [5.41, 5.74) is 0. The van der Waals surface area contributed by atoms with E-state index in [9.17, 15) is 18.8 Å². The van der Waals surface area contributed by atoms with Gasteiger partial charge in [-0.05, 0) is 0 Å². The van der Waals surface area contributed by atoms with E-state index >= 15 is 0 Å². The Morgan fingerprint density at radius 2 is 0.651 bits per heavy atom. The molecule has 0 saturated heterocycles. The van der Waals surface area contributed by atoms with Crippen molar-refractivity contribution in [1.29, 1.82) is 0 Å². The summed E-state index contributed by atoms with van der Waals surface area (Å²) in [6.07, 6.45) is -0.665. The first kappa shape index (κ1) is 41.1. The SMILES string of the molecule is O=C(CCC(=O)C(=O)O)OCCOCCOCCOCCOCCOCCOCCOCCOCCOCCOCCF. The van der Waals surface area contributed by atoms with Gasteiger partial charge in [-0.2, -0.15) is 0 Å². The fourth-order valence-corrected chi connectivity index (χ4v) is 2.74. The van der Waals surface area contributed by atoms with Gasteiger partial charge in [0.15, 0.2) is 0 Å². The smallest absolute Gasteiger partial charge is 0.372 e. The van der Waals surface area contributed by atoms with Gasteiger partial charge in [0.05, 0.1) is 139 Å². The Morgan fingerprint density at radius 1 is 0.395 bits per heavy atom. The molecule has 0 spiro atoms. The molecular formula is C27H49FO15. The van der Waals surface area contributed by atoms with Crippen LogP contribution < -0.4 is 0 Å². The number of aliphatic carboxylic acids is 1. The molecule has 43 heavy (non-hydrogen) atoms. The van der Waals surface area contributed by atoms with Gasteiger partial charge in [-0.15, -0.1) is 0 Å². The molecule has 1 N–H and O–H groups in total. The van der Waals surface area contributed by atoms with E-state index in [1.165, 1.54) is 0 Å². The molecule has 0 bridgehead atoms. The molecule has 16 heteroatoms. The molecule has 0 heterocycles. The first-order chi connectivity index (χ1) is 21.1. The number of carbonyl (C=O) groups excluding carboxylic acids is 2. The number of carboxylic acid groups (broad SMARTS) is 1. The molecule has 0 amide bonds. The summed E-state index contributed by atoms with van der Waals surface area (Å²) in [6, 6.07) is 0. The van der Waals surface area contributed by atoms with Crippen LogP contribution in [0.1, 0.15) is 12.8 Å². The van der Waals surface area contributed by atoms with Crippen LogP contribution in [0.4, 0.5) is 4.39 Å². The third-order valence-electron chi connectivity index (χ3n) is 4.86. The second-order valence-corrected chi connectivity index (χ2v) is 8.26. The van der Waals surface area contributed by atoms with Crippen molar-refractivity contribution in [2.45, 2.75) is 12.8 Å². The van der Waals surface area contributed by atoms with E-state index in [0.717, 1.165) is 0 Å². The van der Waals surface area contributed by atoms with Crippen molar-refractivity contribution in [3.05, 3.63) is 0 Å². The number of Topliss-reactive ketones (excluding diaryl/α,β-unsaturated/α-hetero) is 1. The van der Waals surface area contributed by atoms with E-state index in [1.54, 1.807) is 0 Å². The van der Waals surface area contributed by atoms with Gasteiger partial charge >= 0.3 is 11.9 Å². The number of rotatable bonds is 36. The summed E-state index contributed by atoms with van der Waals surface area (Å²) in [6.45, 7) is 7.57. The molecule has 0 saturated carbocycles. The lowest BCUT2D eigenvalue weighted by atomic mass is 10.2. The Morgan fingerprint density at radius 3 is 0.907 bits per heavy atom. The maximum Gasteiger partial charge on any atom is 0.372 e. The Bertz CT molecular complexity index is 642. The van der Waals surface area contributed by atoms with Crippen LogP contribution >= 0.6 is 0 Å². The maximum atomic E-state index is 11.8. The fraction of sp³-hybridized carbons (Fsp3) is 0.889. The van der Waals surface area contributed by atoms with Crippen molar-refractivity contribution in [2.75, 3.05) is 145 Å². The van der Waals surface area contributed by atoms with E-state index in [4.69, 9.17) is 57.2 Å². The van der Waals surface area contributed by atoms with Crippen molar-refractivity contribution in [2.24, 2.45) is 0 Å². The molecule has 254 valence electrons. The molecule has 0 aromatic heterocycles. The maximum absolute atomic E-state index is 11.8. The van der Waals surface area contributed by atoms with Crippen molar-refractivity contribution in [3.63, 3.8) is 0 Å². The minimum absolute atomic E-state index is 0.0108. The summed E-state index contributed by atoms with van der Waals surface area (Å²) >= 11 is 0. The van der Waals surface area contributed by atoms with Crippen molar-refractivity contribution in [3.8, 4) is 0 Å². The van der Waals surface area contributed by atoms with Crippen LogP contribution in [-0.4, -0.2) is 168 Å². The summed E-state index contributed by atoms with van der Waals surface area (Å²) < 4.78 is 69.8. The normalized spacial score (nSPS) is 11.2. The number of carboxylic acids is 1. The lowest BCUT2D eigenvalue weighted by Gasteiger charge is -2.09. The topological polar surface area (TPSA) is 173 Å². The first-order valence-electron chi connectivity index (χ1n) is 14.3. The molecule has 15 nitrogen and oxygen atoms in total. The van der Waals surface area contributed by atoms with Crippen LogP contribution in [0.2, 0.25) is 0 Å². The molecule has 0 aliphatic rings. The molecule has 0 radical (unpaired) electrons. The van der Waals surface area contributed by atoms with Gasteiger partial charge in [-0.1, -0.05) is 0 Å². The summed E-state index contributed by atoms with van der Waals surface area (Å²) in [5, 5.41) is 8.43. The highest BCUT2D eigenvalue weighted by molar-refractivity contribution is 6.32. The first-order valence-corrected chi connectivity index (χ1v) is 14.3. The molecule has 0 aromatic carbocycles. The summed E-state index contributed by atoms with van der Waals surface area (Å²) in [7, 11) is 0. The number of halogens is 1. The second-order valence-electron chi connectivity index (χ2n) is 8.26. The summed E-state index contributed by atoms with van der Waals surface area (Å²) in [4.78, 5) is 32.6. The highest BCUT2D eigenvalue weighted by atomic mass is 19.1. The van der Waals surface area contributed by atoms with Gasteiger partial charge in [0.25, 0.3) is 0 Å². The second kappa shape index (κ2) is 34.6. The average Bonchev–Trinajstić information content (AvgIpc) is 3.00. The van der Waals surface area contributed by atoms with E-state index in [1.807, 2.05) is 0 Å². The van der Waals surface area contributed by atoms with Gasteiger partial charge in [0.1, 0.15) is 13.3 Å². The molecule has 0 rings (SSSR count). The van der Waals surface area contributed by atoms with E-state index in [0.29, 0.717) is 119 Å². The molecule has 0 fully saturated rings. The van der Waals surface area contributed by atoms with Crippen LogP contribution in [-0.2, 0) is 66.5 Å². The number of ketones is 1. The molecule has 0 unspecified atom stereocenters. The van der Waals surface area contributed by atoms with E-state index in [2.05, 4.69) is 0 Å². The van der Waals surface area contributed by atoms with Gasteiger partial charge in [0.2, 0.25) is 5.78 Å². The number of esters is 1. The highest BCUT2D eigenvalue weighted by Gasteiger charge is 2.14. The van der Waals surface area contributed by atoms with Gasteiger partial charge in [0, 0.05) is 6.42 Å². The van der Waals surface area contributed by atoms with Crippen LogP contribution in [0.25, 0.3) is 0 Å². The number of carbonyl (C=O) groups is 3. The van der Waals surface area contributed by atoms with Crippen LogP contribution in [0.5, 0.6) is 0 Å². The minimum Gasteiger partial charge on any atom is -0.476 e. The lowest BCUT2D eigenvalue weighted by molar-refractivity contribution is -0.151. The average molecular weight is 633 g/mol. The van der Waals surface area contributed by atoms with E-state index in [-0.39, 0.29) is 32.7 Å². The largest absolute Gasteiger partial charge is 0.476 e. The molecule has 0 aromatic rings. The predicted octanol–water partition coefficient (Wildman–Crippen LogP) is 0.0990. The van der Waals surface area contributed by atoms with Crippen LogP contribution in [0.3, 0.4) is 0 Å². The number of hydrogen-bond donors (Lipinski definition) is 1. The summed E-state index contributed by atoms with van der Waals surface area (Å²) in [5.74, 6) is -3.25. The third kappa shape index (κ3) is 34.5. The Labute approximate surface area is 252 Å². The van der Waals surface area contributed by atoms with Gasteiger partial charge < -0.3 is 57.2 Å². The standard InChI is InChI=1S/C27H49FO15/c28-3-4-33-5-6-34-7-8-35-9-10-36-11-12-37-13-14-38-15-16-39-17-18-40-19-20-41-21-22-42-23-24-43-26(30)2-1-25(29)27(31)32/h1-24H2,(H,31,32). The van der Waals surface area contributed by atoms with Gasteiger partial charge in [-0.25, -0.2) is 9.18 Å². The van der Waals surface area contributed by atoms with Gasteiger partial charge in [-0.3, -0.25) is 9.59 Å². The number of ether oxygens (including phenoxy) is 11. The van der Waals surface area contributed by atoms with Crippen molar-refractivity contribution >= 4 is 17.7 Å². The predicted molar refractivity (Wildman–Crippen MR) is 147 cm³/mol. The minimum atomic E-state index is -1.57. The lowest BCUT2D eigenvalue weighted by Crippen LogP contribution is -2.17. The molecular weight excluding hydrogens is 583 g/mol. The van der Waals surface area contributed by atoms with Crippen molar-refractivity contribution < 1.29 is 76.0 Å².